The largest absolute Gasteiger partial charge is 0.422 e. The molecule has 0 fully saturated rings. The first-order valence-electron chi connectivity index (χ1n) is 6.42. The van der Waals surface area contributed by atoms with Crippen LogP contribution in [-0.4, -0.2) is 33.0 Å². The summed E-state index contributed by atoms with van der Waals surface area (Å²) in [7, 11) is 0. The van der Waals surface area contributed by atoms with E-state index >= 15 is 0 Å². The molecule has 0 radical (unpaired) electrons. The minimum absolute atomic E-state index is 0.153. The van der Waals surface area contributed by atoms with Crippen LogP contribution in [-0.2, 0) is 0 Å². The Hall–Kier alpha value is -2.00. The lowest BCUT2D eigenvalue weighted by Crippen LogP contribution is -2.25. The molecule has 21 heavy (non-hydrogen) atoms. The highest BCUT2D eigenvalue weighted by Crippen LogP contribution is 2.22. The molecule has 0 saturated heterocycles. The van der Waals surface area contributed by atoms with E-state index in [1.807, 2.05) is 18.7 Å². The van der Waals surface area contributed by atoms with E-state index in [1.165, 1.54) is 0 Å². The lowest BCUT2D eigenvalue weighted by Gasteiger charge is -2.19. The number of aromatic nitrogens is 4. The van der Waals surface area contributed by atoms with Crippen LogP contribution in [0.25, 0.3) is 0 Å². The van der Waals surface area contributed by atoms with Crippen molar-refractivity contribution < 1.29 is 4.74 Å². The van der Waals surface area contributed by atoms with Gasteiger partial charge >= 0.3 is 6.01 Å². The Morgan fingerprint density at radius 1 is 1.24 bits per heavy atom. The molecular weight excluding hydrogens is 338 g/mol. The Labute approximate surface area is 130 Å². The van der Waals surface area contributed by atoms with Gasteiger partial charge < -0.3 is 9.64 Å². The fraction of sp³-hybridized carbons (Fsp3) is 0.333. The molecule has 8 nitrogen and oxygen atoms in total. The standard InChI is InChI=1S/C12H16BrN7O/c1-3-20(4-2)11-16-10(19-14)17-12(18-11)21-9-5-8(13)6-15-7-9/h5-7H,3-4,14H2,1-2H3,(H,16,17,18,19). The summed E-state index contributed by atoms with van der Waals surface area (Å²) in [5, 5.41) is 0. The maximum Gasteiger partial charge on any atom is 0.328 e. The van der Waals surface area contributed by atoms with Gasteiger partial charge in [-0.2, -0.15) is 15.0 Å². The molecule has 0 spiro atoms. The molecule has 0 amide bonds. The van der Waals surface area contributed by atoms with Gasteiger partial charge in [-0.05, 0) is 35.8 Å². The number of hydrogen-bond acceptors (Lipinski definition) is 8. The van der Waals surface area contributed by atoms with Gasteiger partial charge in [0.2, 0.25) is 11.9 Å². The van der Waals surface area contributed by atoms with Gasteiger partial charge in [-0.25, -0.2) is 5.84 Å². The number of halogens is 1. The van der Waals surface area contributed by atoms with Crippen LogP contribution in [0.5, 0.6) is 11.8 Å². The van der Waals surface area contributed by atoms with Gasteiger partial charge in [0.1, 0.15) is 0 Å². The average molecular weight is 354 g/mol. The number of anilines is 2. The molecule has 2 aromatic rings. The Morgan fingerprint density at radius 2 is 2.00 bits per heavy atom. The van der Waals surface area contributed by atoms with E-state index in [-0.39, 0.29) is 12.0 Å². The van der Waals surface area contributed by atoms with Crippen molar-refractivity contribution in [2.75, 3.05) is 23.4 Å². The molecule has 0 aliphatic heterocycles. The summed E-state index contributed by atoms with van der Waals surface area (Å²) < 4.78 is 6.41. The third-order valence-electron chi connectivity index (χ3n) is 2.67. The van der Waals surface area contributed by atoms with Crippen molar-refractivity contribution in [1.29, 1.82) is 0 Å². The zero-order chi connectivity index (χ0) is 15.2. The molecule has 0 bridgehead atoms. The van der Waals surface area contributed by atoms with Crippen LogP contribution in [0.3, 0.4) is 0 Å². The fourth-order valence-electron chi connectivity index (χ4n) is 1.66. The zero-order valence-corrected chi connectivity index (χ0v) is 13.3. The summed E-state index contributed by atoms with van der Waals surface area (Å²) in [5.74, 6) is 6.65. The molecule has 0 saturated carbocycles. The molecule has 2 aromatic heterocycles. The minimum Gasteiger partial charge on any atom is -0.422 e. The minimum atomic E-state index is 0.153. The van der Waals surface area contributed by atoms with Gasteiger partial charge in [0.05, 0.1) is 6.20 Å². The van der Waals surface area contributed by atoms with Gasteiger partial charge in [0.15, 0.2) is 5.75 Å². The average Bonchev–Trinajstić information content (AvgIpc) is 2.48. The van der Waals surface area contributed by atoms with E-state index in [0.29, 0.717) is 11.7 Å². The van der Waals surface area contributed by atoms with E-state index in [1.54, 1.807) is 18.5 Å². The summed E-state index contributed by atoms with van der Waals surface area (Å²) in [4.78, 5) is 18.6. The number of rotatable bonds is 6. The van der Waals surface area contributed by atoms with Crippen molar-refractivity contribution in [2.24, 2.45) is 5.84 Å². The van der Waals surface area contributed by atoms with Crippen molar-refractivity contribution >= 4 is 27.8 Å². The summed E-state index contributed by atoms with van der Waals surface area (Å²) in [6.07, 6.45) is 3.23. The highest BCUT2D eigenvalue weighted by molar-refractivity contribution is 9.10. The van der Waals surface area contributed by atoms with Crippen molar-refractivity contribution in [3.8, 4) is 11.8 Å². The van der Waals surface area contributed by atoms with E-state index in [2.05, 4.69) is 41.3 Å². The summed E-state index contributed by atoms with van der Waals surface area (Å²) in [6.45, 7) is 5.56. The topological polar surface area (TPSA) is 102 Å². The monoisotopic (exact) mass is 353 g/mol. The number of nitrogen functional groups attached to an aromatic ring is 1. The number of hydrazine groups is 1. The Balaban J connectivity index is 2.32. The predicted molar refractivity (Wildman–Crippen MR) is 83.2 cm³/mol. The van der Waals surface area contributed by atoms with E-state index in [0.717, 1.165) is 17.6 Å². The number of pyridine rings is 1. The van der Waals surface area contributed by atoms with Crippen LogP contribution in [0.15, 0.2) is 22.9 Å². The number of nitrogens with one attached hydrogen (secondary N) is 1. The first-order valence-corrected chi connectivity index (χ1v) is 7.21. The van der Waals surface area contributed by atoms with Crippen LogP contribution in [0.4, 0.5) is 11.9 Å². The lowest BCUT2D eigenvalue weighted by molar-refractivity contribution is 0.437. The zero-order valence-electron chi connectivity index (χ0n) is 11.7. The van der Waals surface area contributed by atoms with Crippen LogP contribution < -0.4 is 20.9 Å². The van der Waals surface area contributed by atoms with Gasteiger partial charge in [-0.3, -0.25) is 10.4 Å². The van der Waals surface area contributed by atoms with Crippen molar-refractivity contribution in [1.82, 2.24) is 19.9 Å². The molecule has 0 aliphatic carbocycles. The molecule has 0 aliphatic rings. The molecular formula is C12H16BrN7O. The molecule has 112 valence electrons. The molecule has 3 N–H and O–H groups in total. The predicted octanol–water partition coefficient (Wildman–Crippen LogP) is 1.95. The van der Waals surface area contributed by atoms with E-state index in [4.69, 9.17) is 10.6 Å². The third-order valence-corrected chi connectivity index (χ3v) is 3.10. The third kappa shape index (κ3) is 3.99. The van der Waals surface area contributed by atoms with Crippen molar-refractivity contribution in [3.63, 3.8) is 0 Å². The summed E-state index contributed by atoms with van der Waals surface area (Å²) in [5.41, 5.74) is 2.41. The molecule has 2 rings (SSSR count). The number of hydrogen-bond donors (Lipinski definition) is 2. The Bertz CT molecular complexity index is 606. The van der Waals surface area contributed by atoms with Gasteiger partial charge in [-0.1, -0.05) is 0 Å². The quantitative estimate of drug-likeness (QED) is 0.600. The Kier molecular flexibility index (Phi) is 5.23. The molecule has 2 heterocycles. The van der Waals surface area contributed by atoms with Crippen LogP contribution >= 0.6 is 15.9 Å². The normalized spacial score (nSPS) is 10.3. The molecule has 9 heteroatoms. The highest BCUT2D eigenvalue weighted by atomic mass is 79.9. The highest BCUT2D eigenvalue weighted by Gasteiger charge is 2.12. The molecule has 0 atom stereocenters. The Morgan fingerprint density at radius 3 is 2.62 bits per heavy atom. The second-order valence-electron chi connectivity index (χ2n) is 4.00. The smallest absolute Gasteiger partial charge is 0.328 e. The number of ether oxygens (including phenoxy) is 1. The SMILES string of the molecule is CCN(CC)c1nc(NN)nc(Oc2cncc(Br)c2)n1. The first kappa shape index (κ1) is 15.4. The van der Waals surface area contributed by atoms with Gasteiger partial charge in [0.25, 0.3) is 0 Å². The maximum atomic E-state index is 5.60. The maximum absolute atomic E-state index is 5.60. The van der Waals surface area contributed by atoms with Crippen molar-refractivity contribution in [2.45, 2.75) is 13.8 Å². The van der Waals surface area contributed by atoms with E-state index < -0.39 is 0 Å². The second-order valence-corrected chi connectivity index (χ2v) is 4.91. The van der Waals surface area contributed by atoms with Gasteiger partial charge in [-0.15, -0.1) is 0 Å². The lowest BCUT2D eigenvalue weighted by atomic mass is 10.5. The summed E-state index contributed by atoms with van der Waals surface area (Å²) in [6, 6.07) is 1.92. The second kappa shape index (κ2) is 7.14. The summed E-state index contributed by atoms with van der Waals surface area (Å²) >= 11 is 3.33. The van der Waals surface area contributed by atoms with Crippen molar-refractivity contribution in [3.05, 3.63) is 22.9 Å². The van der Waals surface area contributed by atoms with Crippen LogP contribution in [0.1, 0.15) is 13.8 Å². The van der Waals surface area contributed by atoms with Gasteiger partial charge in [0, 0.05) is 23.8 Å². The molecule has 0 aromatic carbocycles. The molecule has 0 unspecified atom stereocenters. The number of nitrogens with zero attached hydrogens (tertiary/aromatic N) is 5. The van der Waals surface area contributed by atoms with Crippen LogP contribution in [0, 0.1) is 0 Å². The van der Waals surface area contributed by atoms with Crippen LogP contribution in [0.2, 0.25) is 0 Å². The first-order chi connectivity index (χ1) is 10.2. The van der Waals surface area contributed by atoms with E-state index in [9.17, 15) is 0 Å². The number of nitrogens with two attached hydrogens (primary N) is 1. The fourth-order valence-corrected chi connectivity index (χ4v) is 2.00.